The van der Waals surface area contributed by atoms with Gasteiger partial charge in [0, 0.05) is 12.8 Å². The van der Waals surface area contributed by atoms with Gasteiger partial charge in [-0.15, -0.1) is 0 Å². The second-order valence-electron chi connectivity index (χ2n) is 22.4. The Morgan fingerprint density at radius 2 is 0.731 bits per heavy atom. The Bertz CT molecular complexity index is 1640. The Kier molecular flexibility index (Phi) is 56.3. The Morgan fingerprint density at radius 3 is 1.10 bits per heavy atom. The normalized spacial score (nSPS) is 13.9. The van der Waals surface area contributed by atoms with Crippen LogP contribution in [0.4, 0.5) is 0 Å². The number of phosphoric ester groups is 1. The van der Waals surface area contributed by atoms with Gasteiger partial charge in [-0.05, 0) is 96.3 Å². The average molecular weight is 1110 g/mol. The molecule has 0 N–H and O–H groups in total. The molecule has 0 aliphatic heterocycles. The van der Waals surface area contributed by atoms with Crippen molar-refractivity contribution in [2.45, 2.75) is 277 Å². The maximum atomic E-state index is 12.8. The van der Waals surface area contributed by atoms with Gasteiger partial charge in [0.2, 0.25) is 0 Å². The second-order valence-corrected chi connectivity index (χ2v) is 23.8. The van der Waals surface area contributed by atoms with Gasteiger partial charge in [0.05, 0.1) is 27.7 Å². The number of allylic oxidation sites excluding steroid dienone is 16. The van der Waals surface area contributed by atoms with Crippen LogP contribution in [0.5, 0.6) is 0 Å². The van der Waals surface area contributed by atoms with Crippen LogP contribution in [0.3, 0.4) is 0 Å². The molecule has 78 heavy (non-hydrogen) atoms. The van der Waals surface area contributed by atoms with Gasteiger partial charge < -0.3 is 27.9 Å². The number of carbonyl (C=O) groups excluding carboxylic acids is 2. The molecule has 0 saturated carbocycles. The van der Waals surface area contributed by atoms with Crippen LogP contribution >= 0.6 is 7.82 Å². The smallest absolute Gasteiger partial charge is 0.306 e. The highest BCUT2D eigenvalue weighted by atomic mass is 31.2. The zero-order valence-corrected chi connectivity index (χ0v) is 52.0. The molecule has 0 radical (unpaired) electrons. The van der Waals surface area contributed by atoms with E-state index in [9.17, 15) is 19.0 Å². The zero-order valence-electron chi connectivity index (χ0n) is 51.1. The van der Waals surface area contributed by atoms with Gasteiger partial charge in [0.15, 0.2) is 6.10 Å². The zero-order chi connectivity index (χ0) is 57.0. The third kappa shape index (κ3) is 62.1. The monoisotopic (exact) mass is 1110 g/mol. The van der Waals surface area contributed by atoms with Crippen molar-refractivity contribution < 1.29 is 42.1 Å². The van der Waals surface area contributed by atoms with E-state index in [0.29, 0.717) is 17.4 Å². The number of phosphoric acid groups is 1. The van der Waals surface area contributed by atoms with Crippen molar-refractivity contribution in [3.63, 3.8) is 0 Å². The molecule has 0 aromatic rings. The van der Waals surface area contributed by atoms with E-state index in [1.54, 1.807) is 0 Å². The first-order chi connectivity index (χ1) is 38.0. The van der Waals surface area contributed by atoms with Crippen molar-refractivity contribution in [2.24, 2.45) is 0 Å². The minimum absolute atomic E-state index is 0.0337. The quantitative estimate of drug-likeness (QED) is 0.0195. The van der Waals surface area contributed by atoms with Crippen LogP contribution in [0, 0.1) is 0 Å². The summed E-state index contributed by atoms with van der Waals surface area (Å²) in [5.41, 5.74) is 0. The van der Waals surface area contributed by atoms with Gasteiger partial charge in [-0.3, -0.25) is 14.2 Å². The molecule has 9 nitrogen and oxygen atoms in total. The van der Waals surface area contributed by atoms with Gasteiger partial charge in [-0.2, -0.15) is 0 Å². The molecular formula is C68H120NO8P. The van der Waals surface area contributed by atoms with E-state index >= 15 is 0 Å². The van der Waals surface area contributed by atoms with Gasteiger partial charge in [0.25, 0.3) is 7.82 Å². The van der Waals surface area contributed by atoms with Crippen molar-refractivity contribution in [3.05, 3.63) is 97.2 Å². The minimum Gasteiger partial charge on any atom is -0.756 e. The molecule has 0 amide bonds. The average Bonchev–Trinajstić information content (AvgIpc) is 3.41. The second kappa shape index (κ2) is 58.6. The summed E-state index contributed by atoms with van der Waals surface area (Å²) in [5, 5.41) is 0. The van der Waals surface area contributed by atoms with E-state index in [1.807, 2.05) is 21.1 Å². The van der Waals surface area contributed by atoms with E-state index in [0.717, 1.165) is 96.3 Å². The number of unbranched alkanes of at least 4 members (excludes halogenated alkanes) is 28. The van der Waals surface area contributed by atoms with Crippen molar-refractivity contribution in [1.29, 1.82) is 0 Å². The third-order valence-corrected chi connectivity index (χ3v) is 14.6. The minimum atomic E-state index is -4.64. The summed E-state index contributed by atoms with van der Waals surface area (Å²) in [7, 11) is 1.16. The molecule has 0 saturated heterocycles. The summed E-state index contributed by atoms with van der Waals surface area (Å²) in [6.45, 7) is 4.13. The number of hydrogen-bond acceptors (Lipinski definition) is 8. The summed E-state index contributed by atoms with van der Waals surface area (Å²) in [6, 6.07) is 0. The maximum Gasteiger partial charge on any atom is 0.306 e. The molecule has 0 bridgehead atoms. The third-order valence-electron chi connectivity index (χ3n) is 13.6. The molecule has 0 rings (SSSR count). The van der Waals surface area contributed by atoms with Gasteiger partial charge in [0.1, 0.15) is 19.8 Å². The number of likely N-dealkylation sites (N-methyl/N-ethyl adjacent to an activating group) is 1. The van der Waals surface area contributed by atoms with Crippen LogP contribution in [-0.4, -0.2) is 70.0 Å². The molecule has 450 valence electrons. The van der Waals surface area contributed by atoms with E-state index in [1.165, 1.54) is 141 Å². The fraction of sp³-hybridized carbons (Fsp3) is 0.735. The lowest BCUT2D eigenvalue weighted by atomic mass is 10.0. The topological polar surface area (TPSA) is 111 Å². The lowest BCUT2D eigenvalue weighted by Gasteiger charge is -2.28. The number of carbonyl (C=O) groups is 2. The molecule has 2 atom stereocenters. The SMILES string of the molecule is CC/C=C\C/C=C\C/C=C\C/C=C\C/C=C\C/C=C\C/C=C\CCCCCCCCCCCCCCCCCC(=O)OC(COC(=O)CCCCCCCCC/C=C\CCCCCCCC)COP(=O)([O-])OCC[N+](C)(C)C. The van der Waals surface area contributed by atoms with Crippen LogP contribution in [-0.2, 0) is 32.7 Å². The Labute approximate surface area is 481 Å². The molecule has 2 unspecified atom stereocenters. The highest BCUT2D eigenvalue weighted by molar-refractivity contribution is 7.45. The first-order valence-electron chi connectivity index (χ1n) is 31.9. The highest BCUT2D eigenvalue weighted by Crippen LogP contribution is 2.38. The highest BCUT2D eigenvalue weighted by Gasteiger charge is 2.22. The number of esters is 2. The van der Waals surface area contributed by atoms with Crippen LogP contribution in [0.2, 0.25) is 0 Å². The molecule has 0 aliphatic rings. The Morgan fingerprint density at radius 1 is 0.410 bits per heavy atom. The molecule has 10 heteroatoms. The standard InChI is InChI=1S/C68H120NO8P/c1-6-8-10-12-14-16-18-20-22-24-25-26-27-28-29-30-31-32-33-34-35-36-37-38-39-40-41-42-43-45-47-49-51-53-55-57-59-61-68(71)77-66(65-76-78(72,73)75-63-62-69(3,4)5)64-74-67(70)60-58-56-54-52-50-48-46-44-23-21-19-17-15-13-11-9-7-2/h8,10,14,16,20-23,25-26,28-29,31-32,34-35,66H,6-7,9,11-13,15,17-19,24,27,30,33,36-65H2,1-5H3/b10-8-,16-14-,22-20-,23-21-,26-25-,29-28-,32-31-,35-34-. The summed E-state index contributed by atoms with van der Waals surface area (Å²) < 4.78 is 34.2. The number of rotatable bonds is 58. The van der Waals surface area contributed by atoms with Crippen LogP contribution in [0.25, 0.3) is 0 Å². The maximum absolute atomic E-state index is 12.8. The van der Waals surface area contributed by atoms with E-state index in [4.69, 9.17) is 18.5 Å². The number of ether oxygens (including phenoxy) is 2. The predicted molar refractivity (Wildman–Crippen MR) is 332 cm³/mol. The summed E-state index contributed by atoms with van der Waals surface area (Å²) in [5.74, 6) is -0.834. The summed E-state index contributed by atoms with van der Waals surface area (Å²) in [6.07, 6.45) is 80.4. The molecule has 0 aromatic heterocycles. The molecule has 0 spiro atoms. The van der Waals surface area contributed by atoms with Crippen LogP contribution in [0.15, 0.2) is 97.2 Å². The summed E-state index contributed by atoms with van der Waals surface area (Å²) in [4.78, 5) is 37.9. The predicted octanol–water partition coefficient (Wildman–Crippen LogP) is 19.7. The van der Waals surface area contributed by atoms with Gasteiger partial charge in [-0.25, -0.2) is 0 Å². The van der Waals surface area contributed by atoms with Gasteiger partial charge >= 0.3 is 11.9 Å². The fourth-order valence-electron chi connectivity index (χ4n) is 8.69. The summed E-state index contributed by atoms with van der Waals surface area (Å²) >= 11 is 0. The number of hydrogen-bond donors (Lipinski definition) is 0. The van der Waals surface area contributed by atoms with Crippen molar-refractivity contribution in [1.82, 2.24) is 0 Å². The van der Waals surface area contributed by atoms with Crippen LogP contribution in [0.1, 0.15) is 271 Å². The van der Waals surface area contributed by atoms with Gasteiger partial charge in [-0.1, -0.05) is 259 Å². The number of quaternary nitrogens is 1. The molecular weight excluding hydrogens is 990 g/mol. The van der Waals surface area contributed by atoms with Crippen molar-refractivity contribution in [2.75, 3.05) is 47.5 Å². The molecule has 0 aliphatic carbocycles. The first-order valence-corrected chi connectivity index (χ1v) is 33.4. The Hall–Kier alpha value is -3.07. The van der Waals surface area contributed by atoms with Crippen molar-refractivity contribution in [3.8, 4) is 0 Å². The molecule has 0 fully saturated rings. The largest absolute Gasteiger partial charge is 0.756 e. The van der Waals surface area contributed by atoms with Crippen molar-refractivity contribution >= 4 is 19.8 Å². The Balaban J connectivity index is 4.04. The lowest BCUT2D eigenvalue weighted by Crippen LogP contribution is -2.37. The van der Waals surface area contributed by atoms with E-state index in [2.05, 4.69) is 111 Å². The lowest BCUT2D eigenvalue weighted by molar-refractivity contribution is -0.870. The molecule has 0 heterocycles. The first kappa shape index (κ1) is 74.9. The molecule has 0 aromatic carbocycles. The van der Waals surface area contributed by atoms with E-state index in [-0.39, 0.29) is 32.0 Å². The fourth-order valence-corrected chi connectivity index (χ4v) is 9.42. The number of nitrogens with zero attached hydrogens (tertiary/aromatic N) is 1. The van der Waals surface area contributed by atoms with Crippen LogP contribution < -0.4 is 4.89 Å². The van der Waals surface area contributed by atoms with E-state index < -0.39 is 26.5 Å².